The molecule has 4 heteroatoms. The number of benzene rings is 1. The van der Waals surface area contributed by atoms with Crippen LogP contribution in [0.2, 0.25) is 0 Å². The van der Waals surface area contributed by atoms with Crippen LogP contribution in [0.4, 0.5) is 0 Å². The van der Waals surface area contributed by atoms with E-state index in [9.17, 15) is 4.79 Å². The van der Waals surface area contributed by atoms with Gasteiger partial charge in [-0.05, 0) is 23.8 Å². The maximum Gasteiger partial charge on any atom is 0.338 e. The number of carbonyl (C=O) groups is 1. The minimum absolute atomic E-state index is 0.126. The van der Waals surface area contributed by atoms with Crippen LogP contribution in [0.25, 0.3) is 0 Å². The van der Waals surface area contributed by atoms with Gasteiger partial charge in [0.2, 0.25) is 0 Å². The van der Waals surface area contributed by atoms with Gasteiger partial charge in [-0.1, -0.05) is 76.5 Å². The van der Waals surface area contributed by atoms with Gasteiger partial charge in [-0.3, -0.25) is 0 Å². The zero-order valence-electron chi connectivity index (χ0n) is 15.7. The van der Waals surface area contributed by atoms with Crippen molar-refractivity contribution in [1.82, 2.24) is 0 Å². The Kier molecular flexibility index (Phi) is 9.41. The summed E-state index contributed by atoms with van der Waals surface area (Å²) in [7, 11) is 1.41. The molecule has 0 spiro atoms. The van der Waals surface area contributed by atoms with Crippen molar-refractivity contribution in [2.45, 2.75) is 81.8 Å². The molecule has 3 nitrogen and oxygen atoms in total. The lowest BCUT2D eigenvalue weighted by molar-refractivity contribution is -0.142. The molecule has 1 aromatic rings. The highest BCUT2D eigenvalue weighted by Gasteiger charge is 2.48. The maximum atomic E-state index is 11.6. The molecule has 2 rings (SSSR count). The van der Waals surface area contributed by atoms with Crippen LogP contribution in [0.1, 0.15) is 76.4 Å². The third kappa shape index (κ3) is 7.02. The molecule has 25 heavy (non-hydrogen) atoms. The van der Waals surface area contributed by atoms with Gasteiger partial charge in [0.1, 0.15) is 6.10 Å². The molecule has 0 aromatic heterocycles. The van der Waals surface area contributed by atoms with Crippen LogP contribution in [0.15, 0.2) is 29.2 Å². The molecule has 1 aliphatic rings. The zero-order chi connectivity index (χ0) is 17.9. The first-order chi connectivity index (χ1) is 12.3. The van der Waals surface area contributed by atoms with E-state index in [2.05, 4.69) is 25.1 Å². The first kappa shape index (κ1) is 20.3. The summed E-state index contributed by atoms with van der Waals surface area (Å²) in [5.41, 5.74) is 1.12. The standard InChI is InChI=1S/C21H32O3S/c1-3-4-5-6-7-8-9-10-13-16-25-18-15-12-11-14-17(18)19-20(24-19)21(22)23-2/h11-12,14-15,19-20H,3-10,13,16H2,1-2H3/t19-,20+/m0/s1. The van der Waals surface area contributed by atoms with E-state index in [1.54, 1.807) is 0 Å². The summed E-state index contributed by atoms with van der Waals surface area (Å²) in [5.74, 6) is 0.853. The first-order valence-corrected chi connectivity index (χ1v) is 10.7. The van der Waals surface area contributed by atoms with Gasteiger partial charge in [-0.15, -0.1) is 11.8 Å². The number of methoxy groups -OCH3 is 1. The molecule has 1 aromatic carbocycles. The Morgan fingerprint density at radius 3 is 2.36 bits per heavy atom. The van der Waals surface area contributed by atoms with Gasteiger partial charge in [0.25, 0.3) is 0 Å². The highest BCUT2D eigenvalue weighted by atomic mass is 32.2. The van der Waals surface area contributed by atoms with Crippen LogP contribution >= 0.6 is 11.8 Å². The topological polar surface area (TPSA) is 38.8 Å². The third-order valence-electron chi connectivity index (χ3n) is 4.66. The molecule has 0 N–H and O–H groups in total. The fourth-order valence-corrected chi connectivity index (χ4v) is 4.18. The van der Waals surface area contributed by atoms with Crippen LogP contribution in [-0.4, -0.2) is 24.9 Å². The number of esters is 1. The van der Waals surface area contributed by atoms with Crippen molar-refractivity contribution in [3.8, 4) is 0 Å². The molecule has 1 saturated heterocycles. The van der Waals surface area contributed by atoms with Gasteiger partial charge in [-0.25, -0.2) is 4.79 Å². The average molecular weight is 365 g/mol. The molecule has 140 valence electrons. The molecule has 0 unspecified atom stereocenters. The van der Waals surface area contributed by atoms with Gasteiger partial charge in [-0.2, -0.15) is 0 Å². The highest BCUT2D eigenvalue weighted by molar-refractivity contribution is 7.99. The summed E-state index contributed by atoms with van der Waals surface area (Å²) in [5, 5.41) is 0. The highest BCUT2D eigenvalue weighted by Crippen LogP contribution is 2.43. The van der Waals surface area contributed by atoms with E-state index in [4.69, 9.17) is 9.47 Å². The molecule has 0 radical (unpaired) electrons. The molecular formula is C21H32O3S. The van der Waals surface area contributed by atoms with Crippen LogP contribution in [0.5, 0.6) is 0 Å². The van der Waals surface area contributed by atoms with Crippen LogP contribution < -0.4 is 0 Å². The summed E-state index contributed by atoms with van der Waals surface area (Å²) in [4.78, 5) is 12.8. The Labute approximate surface area is 156 Å². The van der Waals surface area contributed by atoms with E-state index in [1.807, 2.05) is 17.8 Å². The van der Waals surface area contributed by atoms with Crippen molar-refractivity contribution < 1.29 is 14.3 Å². The largest absolute Gasteiger partial charge is 0.467 e. The van der Waals surface area contributed by atoms with Crippen LogP contribution in [0.3, 0.4) is 0 Å². The molecule has 2 atom stereocenters. The Morgan fingerprint density at radius 1 is 1.04 bits per heavy atom. The normalized spacial score (nSPS) is 19.0. The molecular weight excluding hydrogens is 332 g/mol. The van der Waals surface area contributed by atoms with Gasteiger partial charge in [0, 0.05) is 4.90 Å². The molecule has 0 saturated carbocycles. The summed E-state index contributed by atoms with van der Waals surface area (Å²) in [6.07, 6.45) is 11.7. The van der Waals surface area contributed by atoms with Crippen molar-refractivity contribution in [2.75, 3.05) is 12.9 Å². The van der Waals surface area contributed by atoms with E-state index < -0.39 is 6.10 Å². The van der Waals surface area contributed by atoms with E-state index in [0.717, 1.165) is 11.3 Å². The molecule has 1 fully saturated rings. The average Bonchev–Trinajstić information content (AvgIpc) is 3.43. The monoisotopic (exact) mass is 364 g/mol. The second-order valence-electron chi connectivity index (χ2n) is 6.72. The quantitative estimate of drug-likeness (QED) is 0.188. The van der Waals surface area contributed by atoms with Gasteiger partial charge < -0.3 is 9.47 Å². The minimum atomic E-state index is -0.417. The lowest BCUT2D eigenvalue weighted by Crippen LogP contribution is -2.09. The predicted octanol–water partition coefficient (Wildman–Crippen LogP) is 5.92. The Morgan fingerprint density at radius 2 is 1.68 bits per heavy atom. The van der Waals surface area contributed by atoms with Crippen molar-refractivity contribution in [1.29, 1.82) is 0 Å². The second-order valence-corrected chi connectivity index (χ2v) is 7.85. The number of unbranched alkanes of at least 4 members (excludes halogenated alkanes) is 8. The van der Waals surface area contributed by atoms with E-state index in [-0.39, 0.29) is 12.1 Å². The number of rotatable bonds is 13. The van der Waals surface area contributed by atoms with E-state index >= 15 is 0 Å². The molecule has 1 heterocycles. The summed E-state index contributed by atoms with van der Waals surface area (Å²) in [6, 6.07) is 8.25. The Hall–Kier alpha value is -1.00. The zero-order valence-corrected chi connectivity index (χ0v) is 16.5. The van der Waals surface area contributed by atoms with Crippen LogP contribution in [0, 0.1) is 0 Å². The molecule has 0 aliphatic carbocycles. The Balaban J connectivity index is 1.61. The maximum absolute atomic E-state index is 11.6. The summed E-state index contributed by atoms with van der Waals surface area (Å²) < 4.78 is 10.3. The van der Waals surface area contributed by atoms with Crippen molar-refractivity contribution >= 4 is 17.7 Å². The van der Waals surface area contributed by atoms with Gasteiger partial charge in [0.15, 0.2) is 6.10 Å². The van der Waals surface area contributed by atoms with Gasteiger partial charge >= 0.3 is 5.97 Å². The third-order valence-corrected chi connectivity index (χ3v) is 5.83. The summed E-state index contributed by atoms with van der Waals surface area (Å²) in [6.45, 7) is 2.26. The summed E-state index contributed by atoms with van der Waals surface area (Å²) >= 11 is 1.88. The lowest BCUT2D eigenvalue weighted by Gasteiger charge is -2.07. The number of thioether (sulfide) groups is 1. The van der Waals surface area contributed by atoms with Crippen molar-refractivity contribution in [2.24, 2.45) is 0 Å². The first-order valence-electron chi connectivity index (χ1n) is 9.73. The van der Waals surface area contributed by atoms with Crippen molar-refractivity contribution in [3.05, 3.63) is 29.8 Å². The smallest absolute Gasteiger partial charge is 0.338 e. The second kappa shape index (κ2) is 11.6. The fourth-order valence-electron chi connectivity index (χ4n) is 3.09. The number of epoxide rings is 1. The Bertz CT molecular complexity index is 518. The minimum Gasteiger partial charge on any atom is -0.467 e. The van der Waals surface area contributed by atoms with Gasteiger partial charge in [0.05, 0.1) is 7.11 Å². The predicted molar refractivity (Wildman–Crippen MR) is 104 cm³/mol. The lowest BCUT2D eigenvalue weighted by atomic mass is 10.1. The number of ether oxygens (including phenoxy) is 2. The van der Waals surface area contributed by atoms with E-state index in [0.29, 0.717) is 0 Å². The molecule has 1 aliphatic heterocycles. The number of carbonyl (C=O) groups excluding carboxylic acids is 1. The molecule has 0 amide bonds. The number of hydrogen-bond donors (Lipinski definition) is 0. The fraction of sp³-hybridized carbons (Fsp3) is 0.667. The molecule has 0 bridgehead atoms. The van der Waals surface area contributed by atoms with Crippen LogP contribution in [-0.2, 0) is 14.3 Å². The number of hydrogen-bond acceptors (Lipinski definition) is 4. The van der Waals surface area contributed by atoms with E-state index in [1.165, 1.54) is 69.8 Å². The SMILES string of the molecule is CCCCCCCCCCCSc1ccccc1[C@@H]1O[C@H]1C(=O)OC. The van der Waals surface area contributed by atoms with Crippen molar-refractivity contribution in [3.63, 3.8) is 0 Å².